The highest BCUT2D eigenvalue weighted by atomic mass is 127. The minimum atomic E-state index is 0. The summed E-state index contributed by atoms with van der Waals surface area (Å²) in [5, 5.41) is 6.58. The van der Waals surface area contributed by atoms with Crippen molar-refractivity contribution in [3.63, 3.8) is 0 Å². The van der Waals surface area contributed by atoms with E-state index in [2.05, 4.69) is 44.8 Å². The van der Waals surface area contributed by atoms with Gasteiger partial charge >= 0.3 is 0 Å². The van der Waals surface area contributed by atoms with E-state index < -0.39 is 0 Å². The van der Waals surface area contributed by atoms with E-state index in [1.165, 1.54) is 43.5 Å². The number of nitrogens with one attached hydrogen (secondary N) is 2. The highest BCUT2D eigenvalue weighted by Crippen LogP contribution is 2.13. The van der Waals surface area contributed by atoms with E-state index >= 15 is 0 Å². The standard InChI is InChI=1S/C19H32N4O.HI/c1-3-24-14-11-21-19(20-2)22-15-17-7-9-18(10-8-17)16-23-12-5-4-6-13-23;/h7-10H,3-6,11-16H2,1-2H3,(H2,20,21,22);1H. The molecule has 0 bridgehead atoms. The summed E-state index contributed by atoms with van der Waals surface area (Å²) < 4.78 is 5.32. The molecular weight excluding hydrogens is 427 g/mol. The first-order valence-corrected chi connectivity index (χ1v) is 9.14. The van der Waals surface area contributed by atoms with Crippen molar-refractivity contribution in [1.29, 1.82) is 0 Å². The summed E-state index contributed by atoms with van der Waals surface area (Å²) in [4.78, 5) is 6.78. The summed E-state index contributed by atoms with van der Waals surface area (Å²) in [6.07, 6.45) is 4.08. The molecule has 0 aliphatic carbocycles. The zero-order chi connectivity index (χ0) is 17.0. The quantitative estimate of drug-likeness (QED) is 0.271. The average molecular weight is 460 g/mol. The Morgan fingerprint density at radius 2 is 1.76 bits per heavy atom. The van der Waals surface area contributed by atoms with E-state index in [0.717, 1.165) is 32.2 Å². The first-order chi connectivity index (χ1) is 11.8. The van der Waals surface area contributed by atoms with Crippen molar-refractivity contribution in [2.75, 3.05) is 39.9 Å². The number of hydrogen-bond donors (Lipinski definition) is 2. The highest BCUT2D eigenvalue weighted by molar-refractivity contribution is 14.0. The number of rotatable bonds is 8. The zero-order valence-electron chi connectivity index (χ0n) is 15.6. The summed E-state index contributed by atoms with van der Waals surface area (Å²) in [7, 11) is 1.79. The molecule has 0 unspecified atom stereocenters. The fraction of sp³-hybridized carbons (Fsp3) is 0.632. The first-order valence-electron chi connectivity index (χ1n) is 9.14. The van der Waals surface area contributed by atoms with E-state index in [0.29, 0.717) is 6.61 Å². The second-order valence-electron chi connectivity index (χ2n) is 6.20. The third kappa shape index (κ3) is 8.87. The van der Waals surface area contributed by atoms with Crippen LogP contribution in [0.3, 0.4) is 0 Å². The van der Waals surface area contributed by atoms with Crippen molar-refractivity contribution in [3.05, 3.63) is 35.4 Å². The number of ether oxygens (including phenoxy) is 1. The molecule has 1 saturated heterocycles. The van der Waals surface area contributed by atoms with Gasteiger partial charge in [0.05, 0.1) is 6.61 Å². The summed E-state index contributed by atoms with van der Waals surface area (Å²) >= 11 is 0. The zero-order valence-corrected chi connectivity index (χ0v) is 17.9. The second-order valence-corrected chi connectivity index (χ2v) is 6.20. The van der Waals surface area contributed by atoms with Crippen LogP contribution >= 0.6 is 24.0 Å². The molecule has 25 heavy (non-hydrogen) atoms. The number of nitrogens with zero attached hydrogens (tertiary/aromatic N) is 2. The average Bonchev–Trinajstić information content (AvgIpc) is 2.63. The van der Waals surface area contributed by atoms with E-state index in [1.54, 1.807) is 7.05 Å². The van der Waals surface area contributed by atoms with Crippen LogP contribution in [0.15, 0.2) is 29.3 Å². The van der Waals surface area contributed by atoms with Gasteiger partial charge in [-0.3, -0.25) is 9.89 Å². The van der Waals surface area contributed by atoms with Crippen LogP contribution in [0.4, 0.5) is 0 Å². The Bertz CT molecular complexity index is 487. The molecule has 0 saturated carbocycles. The number of guanidine groups is 1. The molecule has 1 aromatic rings. The fourth-order valence-electron chi connectivity index (χ4n) is 2.93. The molecule has 2 N–H and O–H groups in total. The van der Waals surface area contributed by atoms with Gasteiger partial charge in [0.2, 0.25) is 0 Å². The fourth-order valence-corrected chi connectivity index (χ4v) is 2.93. The Hall–Kier alpha value is -0.860. The van der Waals surface area contributed by atoms with Gasteiger partial charge in [-0.1, -0.05) is 30.7 Å². The van der Waals surface area contributed by atoms with E-state index in [-0.39, 0.29) is 24.0 Å². The molecule has 0 radical (unpaired) electrons. The van der Waals surface area contributed by atoms with Gasteiger partial charge in [0, 0.05) is 33.3 Å². The van der Waals surface area contributed by atoms with Crippen molar-refractivity contribution < 1.29 is 4.74 Å². The van der Waals surface area contributed by atoms with Gasteiger partial charge in [-0.2, -0.15) is 0 Å². The minimum Gasteiger partial charge on any atom is -0.380 e. The smallest absolute Gasteiger partial charge is 0.191 e. The van der Waals surface area contributed by atoms with Crippen molar-refractivity contribution in [3.8, 4) is 0 Å². The number of benzene rings is 1. The number of aliphatic imine (C=N–C) groups is 1. The van der Waals surface area contributed by atoms with Gasteiger partial charge in [-0.25, -0.2) is 0 Å². The maximum absolute atomic E-state index is 5.32. The largest absolute Gasteiger partial charge is 0.380 e. The molecule has 1 heterocycles. The van der Waals surface area contributed by atoms with E-state index in [1.807, 2.05) is 6.92 Å². The summed E-state index contributed by atoms with van der Waals surface area (Å²) in [5.41, 5.74) is 2.67. The van der Waals surface area contributed by atoms with Crippen LogP contribution in [0.2, 0.25) is 0 Å². The van der Waals surface area contributed by atoms with Crippen LogP contribution in [0.1, 0.15) is 37.3 Å². The Balaban J connectivity index is 0.00000312. The van der Waals surface area contributed by atoms with Gasteiger partial charge in [-0.05, 0) is 44.0 Å². The monoisotopic (exact) mass is 460 g/mol. The van der Waals surface area contributed by atoms with E-state index in [9.17, 15) is 0 Å². The number of halogens is 1. The van der Waals surface area contributed by atoms with Gasteiger partial charge in [0.25, 0.3) is 0 Å². The molecule has 1 aliphatic rings. The lowest BCUT2D eigenvalue weighted by atomic mass is 10.1. The SMILES string of the molecule is CCOCCNC(=NC)NCc1ccc(CN2CCCCC2)cc1.I. The Kier molecular flexibility index (Phi) is 11.9. The molecular formula is C19H33IN4O. The predicted octanol–water partition coefficient (Wildman–Crippen LogP) is 2.99. The molecule has 1 aliphatic heterocycles. The maximum atomic E-state index is 5.32. The first kappa shape index (κ1) is 22.2. The van der Waals surface area contributed by atoms with Gasteiger partial charge < -0.3 is 15.4 Å². The lowest BCUT2D eigenvalue weighted by molar-refractivity contribution is 0.152. The summed E-state index contributed by atoms with van der Waals surface area (Å²) in [6.45, 7) is 8.55. The Labute approximate surface area is 169 Å². The Morgan fingerprint density at radius 3 is 2.40 bits per heavy atom. The normalized spacial score (nSPS) is 15.5. The Morgan fingerprint density at radius 1 is 1.08 bits per heavy atom. The van der Waals surface area contributed by atoms with E-state index in [4.69, 9.17) is 4.74 Å². The molecule has 0 aromatic heterocycles. The molecule has 2 rings (SSSR count). The lowest BCUT2D eigenvalue weighted by Gasteiger charge is -2.26. The molecule has 142 valence electrons. The van der Waals surface area contributed by atoms with Crippen LogP contribution in [-0.2, 0) is 17.8 Å². The van der Waals surface area contributed by atoms with Gasteiger partial charge in [0.1, 0.15) is 0 Å². The second kappa shape index (κ2) is 13.4. The van der Waals surface area contributed by atoms with Gasteiger partial charge in [-0.15, -0.1) is 24.0 Å². The molecule has 1 aromatic carbocycles. The third-order valence-corrected chi connectivity index (χ3v) is 4.30. The molecule has 5 nitrogen and oxygen atoms in total. The van der Waals surface area contributed by atoms with Crippen molar-refractivity contribution in [2.45, 2.75) is 39.3 Å². The maximum Gasteiger partial charge on any atom is 0.191 e. The topological polar surface area (TPSA) is 48.9 Å². The van der Waals surface area contributed by atoms with Crippen LogP contribution in [-0.4, -0.2) is 50.8 Å². The van der Waals surface area contributed by atoms with Crippen LogP contribution in [0.5, 0.6) is 0 Å². The van der Waals surface area contributed by atoms with Crippen molar-refractivity contribution >= 4 is 29.9 Å². The van der Waals surface area contributed by atoms with Gasteiger partial charge in [0.15, 0.2) is 5.96 Å². The summed E-state index contributed by atoms with van der Waals surface area (Å²) in [6, 6.07) is 8.91. The molecule has 1 fully saturated rings. The van der Waals surface area contributed by atoms with Crippen molar-refractivity contribution in [2.24, 2.45) is 4.99 Å². The molecule has 0 amide bonds. The predicted molar refractivity (Wildman–Crippen MR) is 116 cm³/mol. The third-order valence-electron chi connectivity index (χ3n) is 4.30. The number of hydrogen-bond acceptors (Lipinski definition) is 3. The van der Waals surface area contributed by atoms with Crippen LogP contribution in [0.25, 0.3) is 0 Å². The summed E-state index contributed by atoms with van der Waals surface area (Å²) in [5.74, 6) is 0.812. The number of piperidine rings is 1. The van der Waals surface area contributed by atoms with Crippen LogP contribution < -0.4 is 10.6 Å². The molecule has 0 spiro atoms. The molecule has 0 atom stereocenters. The molecule has 6 heteroatoms. The van der Waals surface area contributed by atoms with Crippen molar-refractivity contribution in [1.82, 2.24) is 15.5 Å². The number of likely N-dealkylation sites (tertiary alicyclic amines) is 1. The van der Waals surface area contributed by atoms with Crippen LogP contribution in [0, 0.1) is 0 Å². The highest BCUT2D eigenvalue weighted by Gasteiger charge is 2.10. The lowest BCUT2D eigenvalue weighted by Crippen LogP contribution is -2.38. The minimum absolute atomic E-state index is 0.